The molecule has 0 aliphatic carbocycles. The van der Waals surface area contributed by atoms with Gasteiger partial charge < -0.3 is 10.3 Å². The molecule has 0 saturated carbocycles. The van der Waals surface area contributed by atoms with E-state index < -0.39 is 0 Å². The van der Waals surface area contributed by atoms with Crippen LogP contribution >= 0.6 is 11.3 Å². The molecule has 0 radical (unpaired) electrons. The summed E-state index contributed by atoms with van der Waals surface area (Å²) < 4.78 is 2.02. The van der Waals surface area contributed by atoms with Crippen molar-refractivity contribution in [2.24, 2.45) is 0 Å². The Morgan fingerprint density at radius 2 is 2.08 bits per heavy atom. The van der Waals surface area contributed by atoms with Gasteiger partial charge in [-0.05, 0) is 46.2 Å². The second-order valence-electron chi connectivity index (χ2n) is 6.69. The van der Waals surface area contributed by atoms with Crippen molar-refractivity contribution in [1.82, 2.24) is 25.1 Å². The van der Waals surface area contributed by atoms with Crippen LogP contribution in [0, 0.1) is 27.7 Å². The summed E-state index contributed by atoms with van der Waals surface area (Å²) in [6.45, 7) is 11.8. The molecule has 0 aliphatic rings. The van der Waals surface area contributed by atoms with Crippen molar-refractivity contribution in [3.63, 3.8) is 0 Å². The minimum absolute atomic E-state index is 0.0301. The van der Waals surface area contributed by atoms with Crippen molar-refractivity contribution in [3.8, 4) is 0 Å². The van der Waals surface area contributed by atoms with E-state index in [0.29, 0.717) is 12.5 Å². The number of hydrogen-bond acceptors (Lipinski definition) is 5. The number of aryl methyl sites for hydroxylation is 4. The molecule has 3 aromatic rings. The first-order valence-corrected chi connectivity index (χ1v) is 9.40. The highest BCUT2D eigenvalue weighted by Crippen LogP contribution is 2.25. The fraction of sp³-hybridized carbons (Fsp3) is 0.500. The average Bonchev–Trinajstić information content (AvgIpc) is 2.98. The molecule has 6 nitrogen and oxygen atoms in total. The highest BCUT2D eigenvalue weighted by atomic mass is 32.1. The highest BCUT2D eigenvalue weighted by Gasteiger charge is 2.12. The zero-order valence-corrected chi connectivity index (χ0v) is 16.3. The highest BCUT2D eigenvalue weighted by molar-refractivity contribution is 7.18. The van der Waals surface area contributed by atoms with Crippen LogP contribution in [0.15, 0.2) is 10.9 Å². The normalized spacial score (nSPS) is 12.8. The van der Waals surface area contributed by atoms with E-state index in [1.165, 1.54) is 5.69 Å². The molecular formula is C18H25N5OS. The molecule has 2 N–H and O–H groups in total. The molecule has 134 valence electrons. The number of aromatic amines is 1. The van der Waals surface area contributed by atoms with E-state index in [2.05, 4.69) is 40.3 Å². The zero-order valence-electron chi connectivity index (χ0n) is 15.4. The minimum Gasteiger partial charge on any atom is -0.312 e. The lowest BCUT2D eigenvalue weighted by atomic mass is 10.2. The van der Waals surface area contributed by atoms with E-state index in [9.17, 15) is 4.79 Å². The molecule has 0 spiro atoms. The lowest BCUT2D eigenvalue weighted by molar-refractivity contribution is 0.445. The quantitative estimate of drug-likeness (QED) is 0.709. The molecule has 0 bridgehead atoms. The maximum Gasteiger partial charge on any atom is 0.259 e. The van der Waals surface area contributed by atoms with Crippen LogP contribution in [0.25, 0.3) is 10.2 Å². The molecule has 0 aromatic carbocycles. The summed E-state index contributed by atoms with van der Waals surface area (Å²) in [5.74, 6) is 0.740. The van der Waals surface area contributed by atoms with Crippen LogP contribution in [-0.4, -0.2) is 32.3 Å². The summed E-state index contributed by atoms with van der Waals surface area (Å²) in [6, 6.07) is 2.38. The van der Waals surface area contributed by atoms with Crippen LogP contribution < -0.4 is 10.9 Å². The largest absolute Gasteiger partial charge is 0.312 e. The maximum atomic E-state index is 12.3. The van der Waals surface area contributed by atoms with Gasteiger partial charge in [0.2, 0.25) is 0 Å². The Balaban J connectivity index is 1.61. The second-order valence-corrected chi connectivity index (χ2v) is 7.89. The molecule has 3 heterocycles. The number of fused-ring (bicyclic) bond motifs is 1. The molecule has 7 heteroatoms. The number of nitrogens with one attached hydrogen (secondary N) is 2. The number of thiophene rings is 1. The molecule has 1 unspecified atom stereocenters. The SMILES string of the molecule is Cc1cc(C)n(CC(C)NCCc2nc3sc(C)c(C)c3c(=O)[nH]2)n1. The van der Waals surface area contributed by atoms with Gasteiger partial charge in [-0.25, -0.2) is 4.98 Å². The summed E-state index contributed by atoms with van der Waals surface area (Å²) >= 11 is 1.59. The predicted octanol–water partition coefficient (Wildman–Crippen LogP) is 2.64. The van der Waals surface area contributed by atoms with Crippen molar-refractivity contribution in [2.45, 2.75) is 53.6 Å². The van der Waals surface area contributed by atoms with E-state index >= 15 is 0 Å². The third-order valence-electron chi connectivity index (χ3n) is 4.49. The third-order valence-corrected chi connectivity index (χ3v) is 5.59. The molecule has 3 rings (SSSR count). The predicted molar refractivity (Wildman–Crippen MR) is 103 cm³/mol. The number of aromatic nitrogens is 4. The van der Waals surface area contributed by atoms with E-state index in [0.717, 1.165) is 45.3 Å². The molecule has 0 fully saturated rings. The van der Waals surface area contributed by atoms with E-state index in [-0.39, 0.29) is 5.56 Å². The molecule has 0 saturated heterocycles. The first-order valence-electron chi connectivity index (χ1n) is 8.58. The monoisotopic (exact) mass is 359 g/mol. The summed E-state index contributed by atoms with van der Waals surface area (Å²) in [6.07, 6.45) is 0.697. The zero-order chi connectivity index (χ0) is 18.1. The van der Waals surface area contributed by atoms with Gasteiger partial charge in [0.15, 0.2) is 0 Å². The van der Waals surface area contributed by atoms with Crippen LogP contribution in [-0.2, 0) is 13.0 Å². The van der Waals surface area contributed by atoms with Gasteiger partial charge in [-0.3, -0.25) is 9.48 Å². The molecule has 3 aromatic heterocycles. The average molecular weight is 359 g/mol. The molecular weight excluding hydrogens is 334 g/mol. The van der Waals surface area contributed by atoms with Crippen molar-refractivity contribution < 1.29 is 0 Å². The number of nitrogens with zero attached hydrogens (tertiary/aromatic N) is 3. The Kier molecular flexibility index (Phi) is 5.06. The lowest BCUT2D eigenvalue weighted by Crippen LogP contribution is -2.33. The third kappa shape index (κ3) is 3.82. The second kappa shape index (κ2) is 7.09. The number of H-pyrrole nitrogens is 1. The van der Waals surface area contributed by atoms with Gasteiger partial charge in [-0.1, -0.05) is 0 Å². The Labute approximate surface area is 151 Å². The molecule has 0 aliphatic heterocycles. The van der Waals surface area contributed by atoms with Crippen LogP contribution in [0.2, 0.25) is 0 Å². The van der Waals surface area contributed by atoms with Gasteiger partial charge in [0.1, 0.15) is 10.7 Å². The molecule has 1 atom stereocenters. The van der Waals surface area contributed by atoms with Gasteiger partial charge in [-0.15, -0.1) is 11.3 Å². The van der Waals surface area contributed by atoms with Gasteiger partial charge in [0.25, 0.3) is 5.56 Å². The van der Waals surface area contributed by atoms with E-state index in [1.54, 1.807) is 11.3 Å². The number of hydrogen-bond donors (Lipinski definition) is 2. The molecule has 0 amide bonds. The molecule has 25 heavy (non-hydrogen) atoms. The topological polar surface area (TPSA) is 75.6 Å². The van der Waals surface area contributed by atoms with Gasteiger partial charge in [0, 0.05) is 29.6 Å². The van der Waals surface area contributed by atoms with Crippen molar-refractivity contribution >= 4 is 21.6 Å². The minimum atomic E-state index is -0.0301. The summed E-state index contributed by atoms with van der Waals surface area (Å²) in [5, 5.41) is 8.71. The van der Waals surface area contributed by atoms with Crippen LogP contribution in [0.4, 0.5) is 0 Å². The van der Waals surface area contributed by atoms with Gasteiger partial charge in [-0.2, -0.15) is 5.10 Å². The lowest BCUT2D eigenvalue weighted by Gasteiger charge is -2.14. The maximum absolute atomic E-state index is 12.3. The van der Waals surface area contributed by atoms with Crippen LogP contribution in [0.3, 0.4) is 0 Å². The van der Waals surface area contributed by atoms with E-state index in [1.807, 2.05) is 25.5 Å². The summed E-state index contributed by atoms with van der Waals surface area (Å²) in [7, 11) is 0. The number of rotatable bonds is 6. The first kappa shape index (κ1) is 17.8. The smallest absolute Gasteiger partial charge is 0.259 e. The summed E-state index contributed by atoms with van der Waals surface area (Å²) in [5.41, 5.74) is 3.22. The Bertz CT molecular complexity index is 952. The summed E-state index contributed by atoms with van der Waals surface area (Å²) in [4.78, 5) is 21.8. The van der Waals surface area contributed by atoms with Crippen molar-refractivity contribution in [3.05, 3.63) is 44.1 Å². The fourth-order valence-corrected chi connectivity index (χ4v) is 4.09. The van der Waals surface area contributed by atoms with Crippen molar-refractivity contribution in [1.29, 1.82) is 0 Å². The Morgan fingerprint density at radius 1 is 1.32 bits per heavy atom. The first-order chi connectivity index (χ1) is 11.8. The van der Waals surface area contributed by atoms with Crippen molar-refractivity contribution in [2.75, 3.05) is 6.54 Å². The van der Waals surface area contributed by atoms with E-state index in [4.69, 9.17) is 0 Å². The van der Waals surface area contributed by atoms with Crippen LogP contribution in [0.1, 0.15) is 34.6 Å². The van der Waals surface area contributed by atoms with Crippen LogP contribution in [0.5, 0.6) is 0 Å². The van der Waals surface area contributed by atoms with Gasteiger partial charge >= 0.3 is 0 Å². The standard InChI is InChI=1S/C18H25N5OS/c1-10-8-12(3)23(22-10)9-11(2)19-7-6-15-20-17(24)16-13(4)14(5)25-18(16)21-15/h8,11,19H,6-7,9H2,1-5H3,(H,20,21,24). The fourth-order valence-electron chi connectivity index (χ4n) is 3.04. The van der Waals surface area contributed by atoms with Gasteiger partial charge in [0.05, 0.1) is 17.6 Å². The Morgan fingerprint density at radius 3 is 2.76 bits per heavy atom. The Hall–Kier alpha value is -1.99.